The Bertz CT molecular complexity index is 1190. The maximum Gasteiger partial charge on any atom is 0.239 e. The Hall–Kier alpha value is -3.70. The van der Waals surface area contributed by atoms with E-state index in [1.807, 2.05) is 54.2 Å². The zero-order valence-corrected chi connectivity index (χ0v) is 21.9. The topological polar surface area (TPSA) is 120 Å². The molecule has 0 aliphatic rings. The Balaban J connectivity index is 0.000000840. The molecule has 0 aliphatic carbocycles. The fourth-order valence-electron chi connectivity index (χ4n) is 3.10. The van der Waals surface area contributed by atoms with Crippen molar-refractivity contribution in [1.29, 1.82) is 0 Å². The number of methoxy groups -OCH3 is 2. The van der Waals surface area contributed by atoms with Gasteiger partial charge in [-0.2, -0.15) is 0 Å². The molecule has 4 rings (SSSR count). The van der Waals surface area contributed by atoms with E-state index in [0.717, 1.165) is 29.1 Å². The fraction of sp³-hybridized carbons (Fsp3) is 0.320. The maximum atomic E-state index is 8.06. The summed E-state index contributed by atoms with van der Waals surface area (Å²) in [7, 11) is 3.24. The van der Waals surface area contributed by atoms with Gasteiger partial charge in [0.15, 0.2) is 5.82 Å². The van der Waals surface area contributed by atoms with Crippen LogP contribution < -0.4 is 14.2 Å². The number of hydrogen-bond acceptors (Lipinski definition) is 10. The average molecular weight is 510 g/mol. The molecule has 0 radical (unpaired) electrons. The molecule has 3 aromatic heterocycles. The van der Waals surface area contributed by atoms with Gasteiger partial charge in [-0.1, -0.05) is 6.07 Å². The van der Waals surface area contributed by atoms with Crippen LogP contribution in [0.25, 0.3) is 17.1 Å². The van der Waals surface area contributed by atoms with Crippen LogP contribution in [-0.4, -0.2) is 60.9 Å². The molecule has 0 fully saturated rings. The first kappa shape index (κ1) is 26.9. The average Bonchev–Trinajstić information content (AvgIpc) is 3.30. The van der Waals surface area contributed by atoms with Gasteiger partial charge in [0.2, 0.25) is 5.95 Å². The molecule has 0 aliphatic heterocycles. The summed E-state index contributed by atoms with van der Waals surface area (Å²) < 4.78 is 16.4. The van der Waals surface area contributed by atoms with Crippen molar-refractivity contribution in [2.45, 2.75) is 33.3 Å². The number of nitrogens with zero attached hydrogens (tertiary/aromatic N) is 6. The third kappa shape index (κ3) is 7.15. The van der Waals surface area contributed by atoms with Gasteiger partial charge in [0, 0.05) is 48.6 Å². The van der Waals surface area contributed by atoms with Crippen molar-refractivity contribution >= 4 is 17.9 Å². The van der Waals surface area contributed by atoms with Crippen LogP contribution in [0.1, 0.15) is 25.2 Å². The second-order valence-corrected chi connectivity index (χ2v) is 8.81. The van der Waals surface area contributed by atoms with E-state index in [0.29, 0.717) is 29.0 Å². The van der Waals surface area contributed by atoms with Crippen LogP contribution in [-0.2, 0) is 6.42 Å². The number of benzene rings is 1. The van der Waals surface area contributed by atoms with E-state index in [2.05, 4.69) is 29.9 Å². The molecule has 0 amide bonds. The lowest BCUT2D eigenvalue weighted by Gasteiger charge is -2.17. The van der Waals surface area contributed by atoms with Crippen LogP contribution in [0.2, 0.25) is 0 Å². The molecule has 0 unspecified atom stereocenters. The van der Waals surface area contributed by atoms with Gasteiger partial charge in [-0.3, -0.25) is 14.3 Å². The smallest absolute Gasteiger partial charge is 0.239 e. The minimum Gasteiger partial charge on any atom is -0.494 e. The number of pyridine rings is 1. The number of rotatable bonds is 9. The van der Waals surface area contributed by atoms with E-state index >= 15 is 0 Å². The summed E-state index contributed by atoms with van der Waals surface area (Å²) in [6.07, 6.45) is 7.67. The molecule has 36 heavy (non-hydrogen) atoms. The number of aryl methyl sites for hydroxylation is 2. The Kier molecular flexibility index (Phi) is 10.0. The van der Waals surface area contributed by atoms with Gasteiger partial charge in [0.05, 0.1) is 14.2 Å². The van der Waals surface area contributed by atoms with E-state index in [1.54, 1.807) is 40.5 Å². The summed E-state index contributed by atoms with van der Waals surface area (Å²) in [5.41, 5.74) is 2.56. The molecule has 0 saturated heterocycles. The van der Waals surface area contributed by atoms with E-state index < -0.39 is 0 Å². The molecule has 11 heteroatoms. The molecule has 1 aromatic carbocycles. The number of nitrogens with one attached hydrogen (secondary N) is 1. The lowest BCUT2D eigenvalue weighted by molar-refractivity contribution is 0.216. The van der Waals surface area contributed by atoms with Crippen molar-refractivity contribution in [1.82, 2.24) is 29.7 Å². The van der Waals surface area contributed by atoms with Crippen LogP contribution in [0.3, 0.4) is 0 Å². The van der Waals surface area contributed by atoms with Gasteiger partial charge in [-0.05, 0) is 62.5 Å². The van der Waals surface area contributed by atoms with E-state index in [9.17, 15) is 0 Å². The van der Waals surface area contributed by atoms with E-state index in [1.165, 1.54) is 11.9 Å². The number of ether oxygens (including phenoxy) is 2. The highest BCUT2D eigenvalue weighted by molar-refractivity contribution is 8.00. The van der Waals surface area contributed by atoms with Crippen molar-refractivity contribution in [2.75, 3.05) is 24.7 Å². The Morgan fingerprint density at radius 1 is 1.00 bits per heavy atom. The highest BCUT2D eigenvalue weighted by Crippen LogP contribution is 2.37. The van der Waals surface area contributed by atoms with Crippen LogP contribution in [0.15, 0.2) is 55.1 Å². The Morgan fingerprint density at radius 2 is 1.67 bits per heavy atom. The van der Waals surface area contributed by atoms with Gasteiger partial charge in [-0.25, -0.2) is 9.97 Å². The first-order chi connectivity index (χ1) is 17.4. The second kappa shape index (κ2) is 13.4. The summed E-state index contributed by atoms with van der Waals surface area (Å²) in [5.74, 6) is 3.98. The predicted molar refractivity (Wildman–Crippen MR) is 142 cm³/mol. The molecule has 4 aromatic rings. The van der Waals surface area contributed by atoms with Crippen LogP contribution in [0.4, 0.5) is 5.95 Å². The molecule has 0 saturated carbocycles. The lowest BCUT2D eigenvalue weighted by atomic mass is 10.2. The number of aliphatic hydroxyl groups is 1. The summed E-state index contributed by atoms with van der Waals surface area (Å²) >= 11 is 1.50. The maximum absolute atomic E-state index is 8.06. The third-order valence-electron chi connectivity index (χ3n) is 4.63. The zero-order chi connectivity index (χ0) is 25.9. The molecule has 10 nitrogen and oxygen atoms in total. The fourth-order valence-corrected chi connectivity index (χ4v) is 3.75. The van der Waals surface area contributed by atoms with Crippen LogP contribution in [0, 0.1) is 6.92 Å². The van der Waals surface area contributed by atoms with Gasteiger partial charge >= 0.3 is 0 Å². The monoisotopic (exact) mass is 509 g/mol. The van der Waals surface area contributed by atoms with Crippen molar-refractivity contribution < 1.29 is 14.6 Å². The molecular weight excluding hydrogens is 478 g/mol. The molecular formula is C25H31N7O3S. The van der Waals surface area contributed by atoms with Crippen molar-refractivity contribution in [3.05, 3.63) is 66.5 Å². The van der Waals surface area contributed by atoms with Crippen molar-refractivity contribution in [3.8, 4) is 28.6 Å². The highest BCUT2D eigenvalue weighted by atomic mass is 32.2. The van der Waals surface area contributed by atoms with Gasteiger partial charge in [-0.15, -0.1) is 10.2 Å². The minimum atomic E-state index is -0.167. The van der Waals surface area contributed by atoms with Gasteiger partial charge < -0.3 is 14.6 Å². The van der Waals surface area contributed by atoms with Gasteiger partial charge in [0.25, 0.3) is 0 Å². The minimum absolute atomic E-state index is 0.167. The van der Waals surface area contributed by atoms with E-state index in [4.69, 9.17) is 14.6 Å². The highest BCUT2D eigenvalue weighted by Gasteiger charge is 2.22. The molecule has 0 spiro atoms. The number of aliphatic hydroxyl groups excluding tert-OH is 1. The molecule has 0 bridgehead atoms. The van der Waals surface area contributed by atoms with Crippen molar-refractivity contribution in [3.63, 3.8) is 0 Å². The third-order valence-corrected chi connectivity index (χ3v) is 5.37. The standard InChI is InChI=1S/C22H23N7O2S.C3H8O/c1-15-12-24-19(25-13-15)9-11-32-28-22-27-26-21(16-6-5-10-23-14-16)29(22)20-17(30-2)7-4-8-18(20)31-3;1-3(2)4/h4-8,10,12-14H,9,11H2,1-3H3,(H,27,28);3-4H,1-2H3. The lowest BCUT2D eigenvalue weighted by Crippen LogP contribution is -2.07. The normalized spacial score (nSPS) is 10.5. The molecule has 3 heterocycles. The Labute approximate surface area is 215 Å². The number of hydrogen-bond donors (Lipinski definition) is 2. The second-order valence-electron chi connectivity index (χ2n) is 7.91. The van der Waals surface area contributed by atoms with Crippen LogP contribution in [0.5, 0.6) is 11.5 Å². The summed E-state index contributed by atoms with van der Waals surface area (Å²) in [5, 5.41) is 16.9. The predicted octanol–water partition coefficient (Wildman–Crippen LogP) is 4.13. The number of para-hydroxylation sites is 1. The quantitative estimate of drug-likeness (QED) is 0.252. The van der Waals surface area contributed by atoms with Crippen molar-refractivity contribution in [2.24, 2.45) is 0 Å². The SMILES string of the molecule is CC(C)O.COc1cccc(OC)c1-n1c(NSCCc2ncc(C)cn2)nnc1-c1cccnc1. The van der Waals surface area contributed by atoms with E-state index in [-0.39, 0.29) is 6.10 Å². The molecule has 2 N–H and O–H groups in total. The Morgan fingerprint density at radius 3 is 2.25 bits per heavy atom. The first-order valence-corrected chi connectivity index (χ1v) is 12.3. The van der Waals surface area contributed by atoms with Gasteiger partial charge in [0.1, 0.15) is 23.0 Å². The number of aromatic nitrogens is 6. The molecule has 190 valence electrons. The zero-order valence-electron chi connectivity index (χ0n) is 21.0. The summed E-state index contributed by atoms with van der Waals surface area (Å²) in [6.45, 7) is 5.42. The first-order valence-electron chi connectivity index (χ1n) is 11.3. The number of anilines is 1. The molecule has 0 atom stereocenters. The van der Waals surface area contributed by atoms with Crippen LogP contribution >= 0.6 is 11.9 Å². The summed E-state index contributed by atoms with van der Waals surface area (Å²) in [6, 6.07) is 9.41. The largest absolute Gasteiger partial charge is 0.494 e. The summed E-state index contributed by atoms with van der Waals surface area (Å²) in [4.78, 5) is 12.9.